The minimum atomic E-state index is -0.471. The van der Waals surface area contributed by atoms with Crippen LogP contribution in [0.25, 0.3) is 0 Å². The minimum Gasteiger partial charge on any atom is -0.494 e. The van der Waals surface area contributed by atoms with Crippen molar-refractivity contribution in [3.63, 3.8) is 0 Å². The third-order valence-corrected chi connectivity index (χ3v) is 2.46. The Balaban J connectivity index is 1.90. The molecule has 2 amide bonds. The van der Waals surface area contributed by atoms with Gasteiger partial charge in [0, 0.05) is 11.8 Å². The van der Waals surface area contributed by atoms with Crippen LogP contribution in [0, 0.1) is 0 Å². The van der Waals surface area contributed by atoms with Gasteiger partial charge in [-0.05, 0) is 37.3 Å². The van der Waals surface area contributed by atoms with E-state index in [0.717, 1.165) is 0 Å². The van der Waals surface area contributed by atoms with Crippen LogP contribution in [0.5, 0.6) is 5.75 Å². The summed E-state index contributed by atoms with van der Waals surface area (Å²) in [4.78, 5) is 23.4. The number of hydrogen-bond acceptors (Lipinski definition) is 4. The van der Waals surface area contributed by atoms with Gasteiger partial charge in [-0.2, -0.15) is 5.10 Å². The molecule has 1 aromatic carbocycles. The summed E-state index contributed by atoms with van der Waals surface area (Å²) < 4.78 is 5.28. The monoisotopic (exact) mass is 274 g/mol. The molecule has 3 N–H and O–H groups in total. The summed E-state index contributed by atoms with van der Waals surface area (Å²) >= 11 is 0. The number of aromatic amines is 1. The molecule has 104 valence electrons. The van der Waals surface area contributed by atoms with Crippen molar-refractivity contribution in [3.05, 3.63) is 47.8 Å². The SMILES string of the molecule is CCOc1ccc(C(=O)NNC(=O)c2ccn[nH]2)cc1. The molecule has 0 aliphatic carbocycles. The average molecular weight is 274 g/mol. The normalized spacial score (nSPS) is 9.85. The molecule has 0 saturated heterocycles. The van der Waals surface area contributed by atoms with E-state index in [-0.39, 0.29) is 5.69 Å². The van der Waals surface area contributed by atoms with Crippen LogP contribution in [0.4, 0.5) is 0 Å². The molecule has 20 heavy (non-hydrogen) atoms. The maximum Gasteiger partial charge on any atom is 0.287 e. The highest BCUT2D eigenvalue weighted by atomic mass is 16.5. The first-order valence-electron chi connectivity index (χ1n) is 6.03. The second-order valence-electron chi connectivity index (χ2n) is 3.84. The summed E-state index contributed by atoms with van der Waals surface area (Å²) in [5.74, 6) is -0.201. The second-order valence-corrected chi connectivity index (χ2v) is 3.84. The number of hydrogen-bond donors (Lipinski definition) is 3. The molecule has 1 heterocycles. The zero-order valence-corrected chi connectivity index (χ0v) is 10.8. The minimum absolute atomic E-state index is 0.261. The van der Waals surface area contributed by atoms with Crippen molar-refractivity contribution >= 4 is 11.8 Å². The molecular weight excluding hydrogens is 260 g/mol. The van der Waals surface area contributed by atoms with Crippen LogP contribution in [0.1, 0.15) is 27.8 Å². The van der Waals surface area contributed by atoms with E-state index in [0.29, 0.717) is 17.9 Å². The van der Waals surface area contributed by atoms with Gasteiger partial charge in [0.05, 0.1) is 6.61 Å². The lowest BCUT2D eigenvalue weighted by Crippen LogP contribution is -2.41. The second kappa shape index (κ2) is 6.37. The van der Waals surface area contributed by atoms with Gasteiger partial charge in [-0.1, -0.05) is 0 Å². The average Bonchev–Trinajstić information content (AvgIpc) is 3.00. The lowest BCUT2D eigenvalue weighted by Gasteiger charge is -2.07. The van der Waals surface area contributed by atoms with E-state index in [1.54, 1.807) is 24.3 Å². The van der Waals surface area contributed by atoms with E-state index < -0.39 is 11.8 Å². The zero-order valence-electron chi connectivity index (χ0n) is 10.8. The number of ether oxygens (including phenoxy) is 1. The third-order valence-electron chi connectivity index (χ3n) is 2.46. The van der Waals surface area contributed by atoms with Gasteiger partial charge >= 0.3 is 0 Å². The first-order chi connectivity index (χ1) is 9.70. The van der Waals surface area contributed by atoms with Crippen molar-refractivity contribution in [1.29, 1.82) is 0 Å². The van der Waals surface area contributed by atoms with Crippen LogP contribution >= 0.6 is 0 Å². The first-order valence-corrected chi connectivity index (χ1v) is 6.03. The summed E-state index contributed by atoms with van der Waals surface area (Å²) in [5.41, 5.74) is 5.27. The van der Waals surface area contributed by atoms with Crippen molar-refractivity contribution in [2.45, 2.75) is 6.92 Å². The number of hydrazine groups is 1. The van der Waals surface area contributed by atoms with E-state index in [1.807, 2.05) is 6.92 Å². The summed E-state index contributed by atoms with van der Waals surface area (Å²) in [5, 5.41) is 6.14. The van der Waals surface area contributed by atoms with Crippen LogP contribution in [-0.2, 0) is 0 Å². The van der Waals surface area contributed by atoms with E-state index in [4.69, 9.17) is 4.74 Å². The molecule has 0 fully saturated rings. The molecule has 0 atom stereocenters. The molecule has 7 nitrogen and oxygen atoms in total. The maximum absolute atomic E-state index is 11.8. The summed E-state index contributed by atoms with van der Waals surface area (Å²) in [6, 6.07) is 8.11. The largest absolute Gasteiger partial charge is 0.494 e. The third kappa shape index (κ3) is 3.35. The van der Waals surface area contributed by atoms with Gasteiger partial charge in [0.15, 0.2) is 0 Å². The number of carbonyl (C=O) groups excluding carboxylic acids is 2. The Hall–Kier alpha value is -2.83. The van der Waals surface area contributed by atoms with Crippen molar-refractivity contribution < 1.29 is 14.3 Å². The Morgan fingerprint density at radius 1 is 1.15 bits per heavy atom. The van der Waals surface area contributed by atoms with Crippen molar-refractivity contribution in [3.8, 4) is 5.75 Å². The number of nitrogens with one attached hydrogen (secondary N) is 3. The molecule has 7 heteroatoms. The Morgan fingerprint density at radius 2 is 1.85 bits per heavy atom. The van der Waals surface area contributed by atoms with Crippen molar-refractivity contribution in [1.82, 2.24) is 21.0 Å². The predicted octanol–water partition coefficient (Wildman–Crippen LogP) is 0.883. The molecule has 2 aromatic rings. The Bertz CT molecular complexity index is 578. The van der Waals surface area contributed by atoms with Crippen molar-refractivity contribution in [2.24, 2.45) is 0 Å². The number of benzene rings is 1. The van der Waals surface area contributed by atoms with Crippen LogP contribution in [0.2, 0.25) is 0 Å². The standard InChI is InChI=1S/C13H14N4O3/c1-2-20-10-5-3-9(4-6-10)12(18)16-17-13(19)11-7-8-14-15-11/h3-8H,2H2,1H3,(H,14,15)(H,16,18)(H,17,19). The molecule has 0 aliphatic heterocycles. The Morgan fingerprint density at radius 3 is 2.45 bits per heavy atom. The summed E-state index contributed by atoms with van der Waals surface area (Å²) in [6.07, 6.45) is 1.45. The molecule has 0 spiro atoms. The highest BCUT2D eigenvalue weighted by Crippen LogP contribution is 2.11. The fraction of sp³-hybridized carbons (Fsp3) is 0.154. The topological polar surface area (TPSA) is 96.1 Å². The number of rotatable bonds is 4. The van der Waals surface area contributed by atoms with Gasteiger partial charge < -0.3 is 4.74 Å². The zero-order chi connectivity index (χ0) is 14.4. The first kappa shape index (κ1) is 13.6. The smallest absolute Gasteiger partial charge is 0.287 e. The Kier molecular flexibility index (Phi) is 4.33. The Labute approximate surface area is 115 Å². The van der Waals surface area contributed by atoms with Gasteiger partial charge in [-0.3, -0.25) is 25.5 Å². The molecule has 1 aromatic heterocycles. The summed E-state index contributed by atoms with van der Waals surface area (Å²) in [6.45, 7) is 2.44. The van der Waals surface area contributed by atoms with Crippen LogP contribution in [-0.4, -0.2) is 28.6 Å². The number of carbonyl (C=O) groups is 2. The quantitative estimate of drug-likeness (QED) is 0.721. The fourth-order valence-corrected chi connectivity index (χ4v) is 1.50. The highest BCUT2D eigenvalue weighted by Gasteiger charge is 2.09. The van der Waals surface area contributed by atoms with Gasteiger partial charge in [-0.25, -0.2) is 0 Å². The lowest BCUT2D eigenvalue weighted by atomic mass is 10.2. The van der Waals surface area contributed by atoms with Crippen LogP contribution in [0.15, 0.2) is 36.5 Å². The van der Waals surface area contributed by atoms with Gasteiger partial charge in [0.25, 0.3) is 11.8 Å². The lowest BCUT2D eigenvalue weighted by molar-refractivity contribution is 0.0844. The molecule has 0 bridgehead atoms. The molecule has 0 saturated carbocycles. The van der Waals surface area contributed by atoms with Crippen LogP contribution in [0.3, 0.4) is 0 Å². The highest BCUT2D eigenvalue weighted by molar-refractivity contribution is 5.98. The van der Waals surface area contributed by atoms with E-state index in [1.165, 1.54) is 12.3 Å². The number of H-pyrrole nitrogens is 1. The number of nitrogens with zero attached hydrogens (tertiary/aromatic N) is 1. The molecular formula is C13H14N4O3. The molecule has 2 rings (SSSR count). The molecule has 0 aliphatic rings. The summed E-state index contributed by atoms with van der Waals surface area (Å²) in [7, 11) is 0. The number of aromatic nitrogens is 2. The van der Waals surface area contributed by atoms with Gasteiger partial charge in [0.2, 0.25) is 0 Å². The molecule has 0 unspecified atom stereocenters. The van der Waals surface area contributed by atoms with Crippen molar-refractivity contribution in [2.75, 3.05) is 6.61 Å². The van der Waals surface area contributed by atoms with Crippen LogP contribution < -0.4 is 15.6 Å². The fourth-order valence-electron chi connectivity index (χ4n) is 1.50. The maximum atomic E-state index is 11.8. The van der Waals surface area contributed by atoms with Gasteiger partial charge in [-0.15, -0.1) is 0 Å². The number of amides is 2. The van der Waals surface area contributed by atoms with E-state index >= 15 is 0 Å². The molecule has 0 radical (unpaired) electrons. The van der Waals surface area contributed by atoms with Gasteiger partial charge in [0.1, 0.15) is 11.4 Å². The van der Waals surface area contributed by atoms with E-state index in [9.17, 15) is 9.59 Å². The van der Waals surface area contributed by atoms with E-state index in [2.05, 4.69) is 21.0 Å². The predicted molar refractivity (Wildman–Crippen MR) is 71.1 cm³/mol.